The Balaban J connectivity index is 4.78. The molecule has 0 unspecified atom stereocenters. The van der Waals surface area contributed by atoms with Crippen LogP contribution in [0, 0.1) is 0 Å². The zero-order valence-corrected chi connectivity index (χ0v) is 20.3. The molecular weight excluding hydrogens is 362 g/mol. The average molecular weight is 404 g/mol. The second-order valence-corrected chi connectivity index (χ2v) is 15.2. The van der Waals surface area contributed by atoms with Crippen LogP contribution in [0.5, 0.6) is 0 Å². The predicted octanol–water partition coefficient (Wildman–Crippen LogP) is 5.96. The highest BCUT2D eigenvalue weighted by atomic mass is 28.4. The number of imide groups is 1. The number of carbonyl (C=O) groups is 2. The summed E-state index contributed by atoms with van der Waals surface area (Å²) in [6.45, 7) is 22.5. The van der Waals surface area contributed by atoms with Crippen LogP contribution in [0.2, 0.25) is 18.1 Å². The van der Waals surface area contributed by atoms with Crippen LogP contribution >= 0.6 is 0 Å². The van der Waals surface area contributed by atoms with Gasteiger partial charge in [-0.25, -0.2) is 14.5 Å². The number of carbonyl (C=O) groups excluding carboxylic acids is 2. The van der Waals surface area contributed by atoms with E-state index in [4.69, 9.17) is 13.9 Å². The van der Waals surface area contributed by atoms with E-state index in [0.29, 0.717) is 13.0 Å². The molecule has 0 spiro atoms. The SMILES string of the molecule is CC(C)(C)OC(=O)N(CCCCO[Si](C)(C)C(C)(C)C)C(=O)OC(C)(C)C. The lowest BCUT2D eigenvalue weighted by Crippen LogP contribution is -2.44. The molecule has 6 nitrogen and oxygen atoms in total. The molecule has 7 heteroatoms. The summed E-state index contributed by atoms with van der Waals surface area (Å²) in [4.78, 5) is 25.9. The lowest BCUT2D eigenvalue weighted by Gasteiger charge is -2.36. The van der Waals surface area contributed by atoms with Gasteiger partial charge in [0.25, 0.3) is 0 Å². The zero-order chi connectivity index (χ0) is 21.7. The molecule has 0 N–H and O–H groups in total. The van der Waals surface area contributed by atoms with Crippen molar-refractivity contribution in [1.82, 2.24) is 4.90 Å². The smallest absolute Gasteiger partial charge is 0.419 e. The molecule has 160 valence electrons. The van der Waals surface area contributed by atoms with Gasteiger partial charge in [0.2, 0.25) is 0 Å². The maximum Gasteiger partial charge on any atom is 0.419 e. The van der Waals surface area contributed by atoms with Crippen molar-refractivity contribution in [3.63, 3.8) is 0 Å². The monoisotopic (exact) mass is 403 g/mol. The number of unbranched alkanes of at least 4 members (excludes halogenated alkanes) is 1. The van der Waals surface area contributed by atoms with E-state index >= 15 is 0 Å². The molecule has 0 aromatic rings. The molecule has 0 radical (unpaired) electrons. The van der Waals surface area contributed by atoms with Crippen LogP contribution in [-0.4, -0.2) is 49.8 Å². The van der Waals surface area contributed by atoms with Gasteiger partial charge in [-0.1, -0.05) is 20.8 Å². The van der Waals surface area contributed by atoms with Crippen LogP contribution in [-0.2, 0) is 13.9 Å². The molecule has 0 aromatic carbocycles. The van der Waals surface area contributed by atoms with Crippen LogP contribution in [0.3, 0.4) is 0 Å². The van der Waals surface area contributed by atoms with Gasteiger partial charge in [-0.05, 0) is 72.5 Å². The molecule has 0 aliphatic carbocycles. The Bertz CT molecular complexity index is 470. The Morgan fingerprint density at radius 3 is 1.52 bits per heavy atom. The van der Waals surface area contributed by atoms with Crippen LogP contribution < -0.4 is 0 Å². The van der Waals surface area contributed by atoms with E-state index in [0.717, 1.165) is 11.3 Å². The molecule has 0 aliphatic rings. The van der Waals surface area contributed by atoms with Gasteiger partial charge in [-0.3, -0.25) is 0 Å². The molecule has 0 bridgehead atoms. The molecule has 2 amide bonds. The van der Waals surface area contributed by atoms with E-state index in [1.807, 2.05) is 0 Å². The van der Waals surface area contributed by atoms with Gasteiger partial charge in [-0.2, -0.15) is 0 Å². The fraction of sp³-hybridized carbons (Fsp3) is 0.900. The summed E-state index contributed by atoms with van der Waals surface area (Å²) in [6.07, 6.45) is 0.0333. The minimum atomic E-state index is -1.79. The van der Waals surface area contributed by atoms with Gasteiger partial charge in [0.05, 0.1) is 0 Å². The third-order valence-electron chi connectivity index (χ3n) is 4.27. The van der Waals surface area contributed by atoms with E-state index in [-0.39, 0.29) is 11.6 Å². The van der Waals surface area contributed by atoms with E-state index in [1.165, 1.54) is 0 Å². The Morgan fingerprint density at radius 2 is 1.19 bits per heavy atom. The van der Waals surface area contributed by atoms with Crippen LogP contribution in [0.1, 0.15) is 75.2 Å². The Kier molecular flexibility index (Phi) is 9.03. The van der Waals surface area contributed by atoms with Crippen molar-refractivity contribution in [3.8, 4) is 0 Å². The zero-order valence-electron chi connectivity index (χ0n) is 19.3. The topological polar surface area (TPSA) is 65.1 Å². The molecule has 0 fully saturated rings. The maximum absolute atomic E-state index is 12.4. The molecule has 0 heterocycles. The Hall–Kier alpha value is -1.08. The number of hydrogen-bond acceptors (Lipinski definition) is 5. The molecule has 0 saturated carbocycles. The third-order valence-corrected chi connectivity index (χ3v) is 8.81. The van der Waals surface area contributed by atoms with E-state index < -0.39 is 31.7 Å². The minimum absolute atomic E-state index is 0.159. The fourth-order valence-electron chi connectivity index (χ4n) is 1.81. The summed E-state index contributed by atoms with van der Waals surface area (Å²) < 4.78 is 16.9. The first-order valence-electron chi connectivity index (χ1n) is 9.73. The highest BCUT2D eigenvalue weighted by Gasteiger charge is 2.37. The minimum Gasteiger partial charge on any atom is -0.443 e. The number of amides is 2. The van der Waals surface area contributed by atoms with Crippen molar-refractivity contribution >= 4 is 20.5 Å². The normalized spacial score (nSPS) is 13.3. The summed E-state index contributed by atoms with van der Waals surface area (Å²) >= 11 is 0. The number of rotatable bonds is 6. The van der Waals surface area contributed by atoms with E-state index in [1.54, 1.807) is 41.5 Å². The van der Waals surface area contributed by atoms with Crippen LogP contribution in [0.25, 0.3) is 0 Å². The molecular formula is C20H41NO5Si. The first kappa shape index (κ1) is 25.9. The van der Waals surface area contributed by atoms with Gasteiger partial charge < -0.3 is 13.9 Å². The maximum atomic E-state index is 12.4. The van der Waals surface area contributed by atoms with Crippen LogP contribution in [0.4, 0.5) is 9.59 Å². The summed E-state index contributed by atoms with van der Waals surface area (Å²) in [6, 6.07) is 0. The third kappa shape index (κ3) is 10.7. The predicted molar refractivity (Wildman–Crippen MR) is 112 cm³/mol. The number of ether oxygens (including phenoxy) is 2. The Morgan fingerprint density at radius 1 is 0.778 bits per heavy atom. The quantitative estimate of drug-likeness (QED) is 0.404. The van der Waals surface area contributed by atoms with Crippen molar-refractivity contribution in [2.45, 2.75) is 104 Å². The highest BCUT2D eigenvalue weighted by molar-refractivity contribution is 6.74. The summed E-state index contributed by atoms with van der Waals surface area (Å²) in [7, 11) is -1.79. The lowest BCUT2D eigenvalue weighted by molar-refractivity contribution is 0.00101. The summed E-state index contributed by atoms with van der Waals surface area (Å²) in [5, 5.41) is 0.159. The van der Waals surface area contributed by atoms with Crippen molar-refractivity contribution < 1.29 is 23.5 Å². The highest BCUT2D eigenvalue weighted by Crippen LogP contribution is 2.36. The lowest BCUT2D eigenvalue weighted by atomic mass is 10.2. The first-order chi connectivity index (χ1) is 11.9. The second-order valence-electron chi connectivity index (χ2n) is 10.4. The van der Waals surface area contributed by atoms with Gasteiger partial charge in [-0.15, -0.1) is 0 Å². The van der Waals surface area contributed by atoms with Gasteiger partial charge in [0.15, 0.2) is 8.32 Å². The first-order valence-corrected chi connectivity index (χ1v) is 12.6. The van der Waals surface area contributed by atoms with Gasteiger partial charge >= 0.3 is 12.2 Å². The molecule has 0 aromatic heterocycles. The Labute approximate surface area is 167 Å². The summed E-state index contributed by atoms with van der Waals surface area (Å²) in [5.41, 5.74) is -1.36. The van der Waals surface area contributed by atoms with Gasteiger partial charge in [0.1, 0.15) is 11.2 Å². The number of hydrogen-bond donors (Lipinski definition) is 0. The molecule has 0 rings (SSSR count). The van der Waals surface area contributed by atoms with Gasteiger partial charge in [0, 0.05) is 13.2 Å². The molecule has 0 saturated heterocycles. The average Bonchev–Trinajstić information content (AvgIpc) is 2.36. The van der Waals surface area contributed by atoms with E-state index in [9.17, 15) is 9.59 Å². The molecule has 0 atom stereocenters. The molecule has 27 heavy (non-hydrogen) atoms. The summed E-state index contributed by atoms with van der Waals surface area (Å²) in [5.74, 6) is 0. The number of nitrogens with zero attached hydrogens (tertiary/aromatic N) is 1. The van der Waals surface area contributed by atoms with Crippen molar-refractivity contribution in [1.29, 1.82) is 0 Å². The largest absolute Gasteiger partial charge is 0.443 e. The molecule has 0 aliphatic heterocycles. The second kappa shape index (κ2) is 9.41. The van der Waals surface area contributed by atoms with Crippen molar-refractivity contribution in [2.75, 3.05) is 13.2 Å². The van der Waals surface area contributed by atoms with Crippen molar-refractivity contribution in [2.24, 2.45) is 0 Å². The van der Waals surface area contributed by atoms with Crippen LogP contribution in [0.15, 0.2) is 0 Å². The standard InChI is InChI=1S/C20H41NO5Si/c1-18(2,3)25-16(22)21(17(23)26-19(4,5)6)14-12-13-15-24-27(10,11)20(7,8)9/h12-15H2,1-11H3. The van der Waals surface area contributed by atoms with Crippen molar-refractivity contribution in [3.05, 3.63) is 0 Å². The fourth-order valence-corrected chi connectivity index (χ4v) is 2.89. The van der Waals surface area contributed by atoms with E-state index in [2.05, 4.69) is 33.9 Å².